The molecule has 1 aromatic heterocycles. The number of nitrogens with zero attached hydrogens (tertiary/aromatic N) is 1. The first kappa shape index (κ1) is 10.2. The molecule has 0 N–H and O–H groups in total. The number of hydrogen-bond donors (Lipinski definition) is 0. The van der Waals surface area contributed by atoms with Crippen molar-refractivity contribution in [1.82, 2.24) is 4.98 Å². The lowest BCUT2D eigenvalue weighted by Gasteiger charge is -2.06. The standard InChI is InChI=1S/C11H10BrNO2/c1-7-6-13-11(15-7)8-4-3-5-9(12)10(8)14-2/h3-6H,1-2H3. The second-order valence-electron chi connectivity index (χ2n) is 3.10. The Hall–Kier alpha value is -1.29. The van der Waals surface area contributed by atoms with Gasteiger partial charge in [-0.2, -0.15) is 0 Å². The third-order valence-electron chi connectivity index (χ3n) is 2.02. The van der Waals surface area contributed by atoms with Gasteiger partial charge in [-0.05, 0) is 35.0 Å². The Morgan fingerprint density at radius 3 is 2.80 bits per heavy atom. The van der Waals surface area contributed by atoms with Crippen molar-refractivity contribution in [3.8, 4) is 17.2 Å². The fourth-order valence-corrected chi connectivity index (χ4v) is 1.89. The maximum atomic E-state index is 5.46. The lowest BCUT2D eigenvalue weighted by Crippen LogP contribution is -1.88. The van der Waals surface area contributed by atoms with Crippen molar-refractivity contribution in [3.05, 3.63) is 34.6 Å². The van der Waals surface area contributed by atoms with Crippen LogP contribution >= 0.6 is 15.9 Å². The molecule has 0 atom stereocenters. The van der Waals surface area contributed by atoms with Gasteiger partial charge in [0.15, 0.2) is 0 Å². The lowest BCUT2D eigenvalue weighted by atomic mass is 10.2. The Morgan fingerprint density at radius 1 is 1.40 bits per heavy atom. The van der Waals surface area contributed by atoms with Crippen LogP contribution in [0.25, 0.3) is 11.5 Å². The van der Waals surface area contributed by atoms with Gasteiger partial charge in [-0.15, -0.1) is 0 Å². The van der Waals surface area contributed by atoms with Crippen molar-refractivity contribution in [2.75, 3.05) is 7.11 Å². The third-order valence-corrected chi connectivity index (χ3v) is 2.65. The van der Waals surface area contributed by atoms with E-state index >= 15 is 0 Å². The van der Waals surface area contributed by atoms with Crippen LogP contribution in [-0.4, -0.2) is 12.1 Å². The maximum Gasteiger partial charge on any atom is 0.230 e. The summed E-state index contributed by atoms with van der Waals surface area (Å²) in [7, 11) is 1.62. The van der Waals surface area contributed by atoms with E-state index in [9.17, 15) is 0 Å². The van der Waals surface area contributed by atoms with Gasteiger partial charge < -0.3 is 9.15 Å². The number of aromatic nitrogens is 1. The average Bonchev–Trinajstić information content (AvgIpc) is 2.64. The van der Waals surface area contributed by atoms with Gasteiger partial charge in [0, 0.05) is 0 Å². The quantitative estimate of drug-likeness (QED) is 0.837. The normalized spacial score (nSPS) is 10.3. The minimum Gasteiger partial charge on any atom is -0.495 e. The van der Waals surface area contributed by atoms with Crippen molar-refractivity contribution in [2.45, 2.75) is 6.92 Å². The molecule has 0 fully saturated rings. The van der Waals surface area contributed by atoms with Crippen molar-refractivity contribution in [3.63, 3.8) is 0 Å². The first-order valence-electron chi connectivity index (χ1n) is 4.47. The van der Waals surface area contributed by atoms with E-state index < -0.39 is 0 Å². The Kier molecular flexibility index (Phi) is 2.77. The predicted octanol–water partition coefficient (Wildman–Crippen LogP) is 3.42. The van der Waals surface area contributed by atoms with Crippen LogP contribution in [0, 0.1) is 6.92 Å². The second kappa shape index (κ2) is 4.06. The first-order chi connectivity index (χ1) is 7.22. The SMILES string of the molecule is COc1c(Br)cccc1-c1ncc(C)o1. The molecule has 15 heavy (non-hydrogen) atoms. The molecule has 0 saturated heterocycles. The first-order valence-corrected chi connectivity index (χ1v) is 5.27. The summed E-state index contributed by atoms with van der Waals surface area (Å²) >= 11 is 3.42. The molecule has 1 aromatic carbocycles. The molecule has 1 heterocycles. The Labute approximate surface area is 96.2 Å². The zero-order valence-corrected chi connectivity index (χ0v) is 10.0. The Bertz CT molecular complexity index is 479. The molecule has 0 spiro atoms. The Balaban J connectivity index is 2.57. The van der Waals surface area contributed by atoms with Gasteiger partial charge in [-0.3, -0.25) is 0 Å². The van der Waals surface area contributed by atoms with Crippen LogP contribution in [0.5, 0.6) is 5.75 Å². The Morgan fingerprint density at radius 2 is 2.20 bits per heavy atom. The molecule has 0 saturated carbocycles. The number of oxazole rings is 1. The smallest absolute Gasteiger partial charge is 0.230 e. The number of rotatable bonds is 2. The summed E-state index contributed by atoms with van der Waals surface area (Å²) in [6.45, 7) is 1.86. The summed E-state index contributed by atoms with van der Waals surface area (Å²) in [5, 5.41) is 0. The van der Waals surface area contributed by atoms with E-state index in [-0.39, 0.29) is 0 Å². The van der Waals surface area contributed by atoms with E-state index in [0.717, 1.165) is 21.5 Å². The molecule has 4 heteroatoms. The highest BCUT2D eigenvalue weighted by atomic mass is 79.9. The predicted molar refractivity (Wildman–Crippen MR) is 60.9 cm³/mol. The van der Waals surface area contributed by atoms with Gasteiger partial charge in [0.1, 0.15) is 11.5 Å². The van der Waals surface area contributed by atoms with E-state index in [1.807, 2.05) is 25.1 Å². The van der Waals surface area contributed by atoms with E-state index in [1.165, 1.54) is 0 Å². The summed E-state index contributed by atoms with van der Waals surface area (Å²) < 4.78 is 11.6. The third kappa shape index (κ3) is 1.90. The zero-order valence-electron chi connectivity index (χ0n) is 8.45. The monoisotopic (exact) mass is 267 g/mol. The highest BCUT2D eigenvalue weighted by molar-refractivity contribution is 9.10. The van der Waals surface area contributed by atoms with Gasteiger partial charge in [0.05, 0.1) is 23.3 Å². The molecule has 0 aliphatic heterocycles. The number of aryl methyl sites for hydroxylation is 1. The zero-order chi connectivity index (χ0) is 10.8. The van der Waals surface area contributed by atoms with E-state index in [1.54, 1.807) is 13.3 Å². The molecule has 0 amide bonds. The second-order valence-corrected chi connectivity index (χ2v) is 3.95. The molecule has 0 aliphatic carbocycles. The minimum atomic E-state index is 0.575. The molecular formula is C11H10BrNO2. The van der Waals surface area contributed by atoms with Gasteiger partial charge in [-0.1, -0.05) is 6.07 Å². The van der Waals surface area contributed by atoms with Crippen LogP contribution < -0.4 is 4.74 Å². The fraction of sp³-hybridized carbons (Fsp3) is 0.182. The number of para-hydroxylation sites is 1. The van der Waals surface area contributed by atoms with Crippen LogP contribution in [0.15, 0.2) is 33.3 Å². The molecule has 78 valence electrons. The van der Waals surface area contributed by atoms with Crippen molar-refractivity contribution in [1.29, 1.82) is 0 Å². The molecule has 0 aliphatic rings. The number of hydrogen-bond acceptors (Lipinski definition) is 3. The number of ether oxygens (including phenoxy) is 1. The van der Waals surface area contributed by atoms with Crippen LogP contribution in [-0.2, 0) is 0 Å². The van der Waals surface area contributed by atoms with Gasteiger partial charge in [0.25, 0.3) is 0 Å². The van der Waals surface area contributed by atoms with Crippen molar-refractivity contribution in [2.24, 2.45) is 0 Å². The summed E-state index contributed by atoms with van der Waals surface area (Å²) in [4.78, 5) is 4.17. The van der Waals surface area contributed by atoms with Crippen LogP contribution in [0.4, 0.5) is 0 Å². The van der Waals surface area contributed by atoms with Crippen LogP contribution in [0.2, 0.25) is 0 Å². The minimum absolute atomic E-state index is 0.575. The summed E-state index contributed by atoms with van der Waals surface area (Å²) in [6, 6.07) is 5.74. The van der Waals surface area contributed by atoms with Gasteiger partial charge in [-0.25, -0.2) is 4.98 Å². The lowest BCUT2D eigenvalue weighted by molar-refractivity contribution is 0.411. The summed E-state index contributed by atoms with van der Waals surface area (Å²) in [5.74, 6) is 2.09. The van der Waals surface area contributed by atoms with E-state index in [0.29, 0.717) is 5.89 Å². The average molecular weight is 268 g/mol. The molecule has 2 rings (SSSR count). The molecule has 2 aromatic rings. The molecule has 0 radical (unpaired) electrons. The maximum absolute atomic E-state index is 5.46. The number of halogens is 1. The van der Waals surface area contributed by atoms with Crippen LogP contribution in [0.1, 0.15) is 5.76 Å². The number of benzene rings is 1. The molecule has 3 nitrogen and oxygen atoms in total. The van der Waals surface area contributed by atoms with Crippen molar-refractivity contribution < 1.29 is 9.15 Å². The molecular weight excluding hydrogens is 258 g/mol. The van der Waals surface area contributed by atoms with Gasteiger partial charge in [0.2, 0.25) is 5.89 Å². The van der Waals surface area contributed by atoms with Crippen LogP contribution in [0.3, 0.4) is 0 Å². The number of methoxy groups -OCH3 is 1. The highest BCUT2D eigenvalue weighted by Crippen LogP contribution is 2.35. The topological polar surface area (TPSA) is 35.3 Å². The largest absolute Gasteiger partial charge is 0.495 e. The van der Waals surface area contributed by atoms with E-state index in [2.05, 4.69) is 20.9 Å². The fourth-order valence-electron chi connectivity index (χ4n) is 1.36. The summed E-state index contributed by atoms with van der Waals surface area (Å²) in [5.41, 5.74) is 0.847. The van der Waals surface area contributed by atoms with Crippen molar-refractivity contribution >= 4 is 15.9 Å². The summed E-state index contributed by atoms with van der Waals surface area (Å²) in [6.07, 6.45) is 1.69. The van der Waals surface area contributed by atoms with Gasteiger partial charge >= 0.3 is 0 Å². The molecule has 0 bridgehead atoms. The van der Waals surface area contributed by atoms with E-state index in [4.69, 9.17) is 9.15 Å². The molecule has 0 unspecified atom stereocenters. The highest BCUT2D eigenvalue weighted by Gasteiger charge is 2.12.